The van der Waals surface area contributed by atoms with Gasteiger partial charge < -0.3 is 5.32 Å². The van der Waals surface area contributed by atoms with Crippen molar-refractivity contribution in [3.63, 3.8) is 0 Å². The van der Waals surface area contributed by atoms with Gasteiger partial charge in [-0.2, -0.15) is 5.10 Å². The molecule has 0 bridgehead atoms. The summed E-state index contributed by atoms with van der Waals surface area (Å²) in [6.45, 7) is 2.29. The van der Waals surface area contributed by atoms with Crippen LogP contribution in [0.2, 0.25) is 0 Å². The summed E-state index contributed by atoms with van der Waals surface area (Å²) in [6, 6.07) is 0. The fraction of sp³-hybridized carbons (Fsp3) is 0.625. The summed E-state index contributed by atoms with van der Waals surface area (Å²) < 4.78 is 2.22. The van der Waals surface area contributed by atoms with Crippen molar-refractivity contribution >= 4 is 18.1 Å². The molecule has 0 saturated heterocycles. The Morgan fingerprint density at radius 1 is 1.71 bits per heavy atom. The molecule has 14 heavy (non-hydrogen) atoms. The summed E-state index contributed by atoms with van der Waals surface area (Å²) in [7, 11) is 1.60. The molecule has 1 aromatic heterocycles. The van der Waals surface area contributed by atoms with Crippen molar-refractivity contribution in [1.82, 2.24) is 20.1 Å². The first-order chi connectivity index (χ1) is 6.69. The molecule has 1 amide bonds. The number of aryl methyl sites for hydroxylation is 1. The number of H-pyrrole nitrogens is 1. The van der Waals surface area contributed by atoms with Crippen molar-refractivity contribution < 1.29 is 4.79 Å². The molecule has 1 rings (SSSR count). The lowest BCUT2D eigenvalue weighted by molar-refractivity contribution is -0.121. The first-order valence-electron chi connectivity index (χ1n) is 4.53. The summed E-state index contributed by atoms with van der Waals surface area (Å²) in [6.07, 6.45) is 1.80. The molecule has 78 valence electrons. The van der Waals surface area contributed by atoms with Gasteiger partial charge >= 0.3 is 0 Å². The molecule has 2 N–H and O–H groups in total. The Kier molecular flexibility index (Phi) is 3.82. The number of nitrogens with one attached hydrogen (secondary N) is 2. The molecule has 0 atom stereocenters. The van der Waals surface area contributed by atoms with Gasteiger partial charge in [0.2, 0.25) is 5.91 Å². The van der Waals surface area contributed by atoms with Crippen LogP contribution in [0, 0.1) is 4.77 Å². The van der Waals surface area contributed by atoms with E-state index in [0.717, 1.165) is 18.7 Å². The van der Waals surface area contributed by atoms with Crippen molar-refractivity contribution in [2.75, 3.05) is 7.05 Å². The first-order valence-corrected chi connectivity index (χ1v) is 4.94. The number of likely N-dealkylation sites (N-methyl/N-ethyl adjacent to an activating group) is 1. The summed E-state index contributed by atoms with van der Waals surface area (Å²) in [5.74, 6) is 0.765. The lowest BCUT2D eigenvalue weighted by atomic mass is 10.3. The predicted octanol–water partition coefficient (Wildman–Crippen LogP) is 0.639. The van der Waals surface area contributed by atoms with Gasteiger partial charge in [-0.3, -0.25) is 14.5 Å². The number of nitrogens with zero attached hydrogens (tertiary/aromatic N) is 2. The molecule has 0 spiro atoms. The van der Waals surface area contributed by atoms with Gasteiger partial charge in [0, 0.05) is 13.5 Å². The smallest absolute Gasteiger partial charge is 0.239 e. The molecule has 0 aliphatic heterocycles. The Balaban J connectivity index is 2.87. The van der Waals surface area contributed by atoms with E-state index in [2.05, 4.69) is 22.4 Å². The fourth-order valence-electron chi connectivity index (χ4n) is 1.15. The van der Waals surface area contributed by atoms with Crippen LogP contribution in [0.5, 0.6) is 0 Å². The third kappa shape index (κ3) is 2.41. The Morgan fingerprint density at radius 2 is 2.43 bits per heavy atom. The maximum Gasteiger partial charge on any atom is 0.239 e. The Morgan fingerprint density at radius 3 is 3.00 bits per heavy atom. The predicted molar refractivity (Wildman–Crippen MR) is 55.5 cm³/mol. The summed E-state index contributed by atoms with van der Waals surface area (Å²) in [4.78, 5) is 11.2. The third-order valence-corrected chi connectivity index (χ3v) is 2.20. The van der Waals surface area contributed by atoms with E-state index in [1.54, 1.807) is 11.6 Å². The van der Waals surface area contributed by atoms with Crippen LogP contribution in [0.3, 0.4) is 0 Å². The molecule has 0 unspecified atom stereocenters. The maximum atomic E-state index is 11.2. The highest BCUT2D eigenvalue weighted by Gasteiger charge is 2.07. The molecule has 1 heterocycles. The van der Waals surface area contributed by atoms with Gasteiger partial charge in [-0.05, 0) is 18.6 Å². The van der Waals surface area contributed by atoms with Crippen LogP contribution < -0.4 is 5.32 Å². The van der Waals surface area contributed by atoms with Gasteiger partial charge in [0.1, 0.15) is 12.4 Å². The number of aromatic nitrogens is 3. The summed E-state index contributed by atoms with van der Waals surface area (Å²) >= 11 is 5.02. The Labute approximate surface area is 87.5 Å². The summed E-state index contributed by atoms with van der Waals surface area (Å²) in [5, 5.41) is 9.30. The molecule has 5 nitrogen and oxygen atoms in total. The number of carbonyl (C=O) groups excluding carboxylic acids is 1. The van der Waals surface area contributed by atoms with E-state index in [0.29, 0.717) is 4.77 Å². The zero-order chi connectivity index (χ0) is 10.6. The molecule has 0 saturated carbocycles. The van der Waals surface area contributed by atoms with E-state index >= 15 is 0 Å². The highest BCUT2D eigenvalue weighted by Crippen LogP contribution is 2.00. The number of aromatic amines is 1. The zero-order valence-corrected chi connectivity index (χ0v) is 9.15. The van der Waals surface area contributed by atoms with E-state index < -0.39 is 0 Å². The molecular formula is C8H14N4OS. The van der Waals surface area contributed by atoms with Gasteiger partial charge in [0.25, 0.3) is 0 Å². The Hall–Kier alpha value is -1.17. The summed E-state index contributed by atoms with van der Waals surface area (Å²) in [5.41, 5.74) is 0. The van der Waals surface area contributed by atoms with Gasteiger partial charge in [0.15, 0.2) is 4.77 Å². The van der Waals surface area contributed by atoms with Crippen molar-refractivity contribution in [1.29, 1.82) is 0 Å². The quantitative estimate of drug-likeness (QED) is 0.723. The minimum absolute atomic E-state index is 0.0696. The molecule has 0 aromatic carbocycles. The number of hydrogen-bond acceptors (Lipinski definition) is 3. The second-order valence-electron chi connectivity index (χ2n) is 2.95. The standard InChI is InChI=1S/C8H14N4OS/c1-3-4-6-10-11-8(14)12(6)5-7(13)9-2/h3-5H2,1-2H3,(H,9,13)(H,11,14). The Bertz CT molecular complexity index is 368. The third-order valence-electron chi connectivity index (χ3n) is 1.89. The number of carbonyl (C=O) groups is 1. The maximum absolute atomic E-state index is 11.2. The molecule has 0 fully saturated rings. The van der Waals surface area contributed by atoms with Gasteiger partial charge in [-0.1, -0.05) is 6.92 Å². The van der Waals surface area contributed by atoms with Crippen molar-refractivity contribution in [2.45, 2.75) is 26.3 Å². The van der Waals surface area contributed by atoms with E-state index in [1.165, 1.54) is 0 Å². The highest BCUT2D eigenvalue weighted by atomic mass is 32.1. The van der Waals surface area contributed by atoms with E-state index in [-0.39, 0.29) is 12.5 Å². The van der Waals surface area contributed by atoms with Gasteiger partial charge in [-0.15, -0.1) is 0 Å². The minimum atomic E-state index is -0.0696. The van der Waals surface area contributed by atoms with E-state index in [1.807, 2.05) is 0 Å². The SMILES string of the molecule is CCCc1n[nH]c(=S)n1CC(=O)NC. The second kappa shape index (κ2) is 4.90. The molecule has 0 aliphatic carbocycles. The topological polar surface area (TPSA) is 62.7 Å². The molecule has 0 aliphatic rings. The zero-order valence-electron chi connectivity index (χ0n) is 8.33. The van der Waals surface area contributed by atoms with Crippen molar-refractivity contribution in [3.05, 3.63) is 10.6 Å². The van der Waals surface area contributed by atoms with Gasteiger partial charge in [0.05, 0.1) is 0 Å². The van der Waals surface area contributed by atoms with Crippen LogP contribution in [0.15, 0.2) is 0 Å². The molecule has 0 radical (unpaired) electrons. The van der Waals surface area contributed by atoms with Crippen LogP contribution in [0.25, 0.3) is 0 Å². The largest absolute Gasteiger partial charge is 0.358 e. The van der Waals surface area contributed by atoms with Crippen LogP contribution >= 0.6 is 12.2 Å². The van der Waals surface area contributed by atoms with Crippen LogP contribution in [0.1, 0.15) is 19.2 Å². The van der Waals surface area contributed by atoms with E-state index in [9.17, 15) is 4.79 Å². The second-order valence-corrected chi connectivity index (χ2v) is 3.34. The average molecular weight is 214 g/mol. The molecule has 1 aromatic rings. The van der Waals surface area contributed by atoms with Crippen molar-refractivity contribution in [2.24, 2.45) is 0 Å². The number of amides is 1. The van der Waals surface area contributed by atoms with E-state index in [4.69, 9.17) is 12.2 Å². The first kappa shape index (κ1) is 10.9. The lowest BCUT2D eigenvalue weighted by Crippen LogP contribution is -2.24. The van der Waals surface area contributed by atoms with Gasteiger partial charge in [-0.25, -0.2) is 0 Å². The minimum Gasteiger partial charge on any atom is -0.358 e. The monoisotopic (exact) mass is 214 g/mol. The lowest BCUT2D eigenvalue weighted by Gasteiger charge is -2.04. The average Bonchev–Trinajstić information content (AvgIpc) is 2.50. The number of rotatable bonds is 4. The fourth-order valence-corrected chi connectivity index (χ4v) is 1.37. The van der Waals surface area contributed by atoms with Crippen LogP contribution in [0.4, 0.5) is 0 Å². The van der Waals surface area contributed by atoms with Crippen LogP contribution in [-0.2, 0) is 17.8 Å². The molecule has 6 heteroatoms. The normalized spacial score (nSPS) is 10.1. The van der Waals surface area contributed by atoms with Crippen LogP contribution in [-0.4, -0.2) is 27.7 Å². The van der Waals surface area contributed by atoms with Crippen molar-refractivity contribution in [3.8, 4) is 0 Å². The number of hydrogen-bond donors (Lipinski definition) is 2. The molecular weight excluding hydrogens is 200 g/mol. The highest BCUT2D eigenvalue weighted by molar-refractivity contribution is 7.71.